The number of allylic oxidation sites excluding steroid dienone is 1. The Morgan fingerprint density at radius 1 is 1.69 bits per heavy atom. The van der Waals surface area contributed by atoms with Crippen LogP contribution in [0, 0.1) is 0 Å². The number of hydrogen-bond donors (Lipinski definition) is 2. The summed E-state index contributed by atoms with van der Waals surface area (Å²) in [6.45, 7) is 1.65. The Kier molecular flexibility index (Phi) is 4.66. The van der Waals surface area contributed by atoms with E-state index in [2.05, 4.69) is 4.67 Å². The molecule has 0 aromatic carbocycles. The third kappa shape index (κ3) is 3.13. The second kappa shape index (κ2) is 5.39. The number of carbonyl (C=O) groups is 1. The van der Waals surface area contributed by atoms with Gasteiger partial charge in [-0.05, 0) is 6.92 Å². The van der Waals surface area contributed by atoms with Crippen LogP contribution in [0.4, 0.5) is 0 Å². The molecule has 1 fully saturated rings. The maximum atomic E-state index is 11.6. The van der Waals surface area contributed by atoms with Crippen LogP contribution >= 0.6 is 31.6 Å². The number of hydrogen-bond acceptors (Lipinski definition) is 6. The van der Waals surface area contributed by atoms with Gasteiger partial charge in [0.2, 0.25) is 0 Å². The van der Waals surface area contributed by atoms with Gasteiger partial charge in [-0.25, -0.2) is 5.26 Å². The summed E-state index contributed by atoms with van der Waals surface area (Å²) in [7, 11) is -4.03. The zero-order chi connectivity index (χ0) is 12.3. The molecule has 16 heavy (non-hydrogen) atoms. The summed E-state index contributed by atoms with van der Waals surface area (Å²) >= 11 is 6.07. The molecule has 1 aliphatic heterocycles. The molecule has 0 spiro atoms. The smallest absolute Gasteiger partial charge is 0.323 e. The molecule has 90 valence electrons. The summed E-state index contributed by atoms with van der Waals surface area (Å²) in [5.74, 6) is -0.296. The molecule has 1 heterocycles. The Hall–Kier alpha value is -0.240. The van der Waals surface area contributed by atoms with Gasteiger partial charge in [0.1, 0.15) is 4.32 Å². The largest absolute Gasteiger partial charge is 0.357 e. The van der Waals surface area contributed by atoms with Gasteiger partial charge in [-0.2, -0.15) is 4.67 Å². The molecular weight excluding hydrogens is 273 g/mol. The maximum Gasteiger partial charge on any atom is 0.357 e. The first-order valence-corrected chi connectivity index (χ1v) is 7.25. The van der Waals surface area contributed by atoms with E-state index in [0.29, 0.717) is 9.23 Å². The van der Waals surface area contributed by atoms with Crippen LogP contribution in [0.25, 0.3) is 0 Å². The van der Waals surface area contributed by atoms with Crippen molar-refractivity contribution >= 4 is 41.8 Å². The number of thioether (sulfide) groups is 1. The zero-order valence-electron chi connectivity index (χ0n) is 8.32. The normalized spacial score (nSPS) is 22.9. The van der Waals surface area contributed by atoms with Crippen molar-refractivity contribution in [2.75, 3.05) is 12.7 Å². The summed E-state index contributed by atoms with van der Waals surface area (Å²) in [5.41, 5.74) is 0. The highest BCUT2D eigenvalue weighted by Gasteiger charge is 2.33. The van der Waals surface area contributed by atoms with Crippen LogP contribution in [0.2, 0.25) is 0 Å². The summed E-state index contributed by atoms with van der Waals surface area (Å²) in [6, 6.07) is 0. The first kappa shape index (κ1) is 13.8. The molecule has 1 unspecified atom stereocenters. The highest BCUT2D eigenvalue weighted by atomic mass is 32.2. The van der Waals surface area contributed by atoms with Crippen LogP contribution < -0.4 is 0 Å². The fourth-order valence-electron chi connectivity index (χ4n) is 1.05. The van der Waals surface area contributed by atoms with Gasteiger partial charge in [-0.3, -0.25) is 14.3 Å². The molecule has 0 radical (unpaired) electrons. The molecule has 0 aromatic heterocycles. The molecule has 1 amide bonds. The maximum absolute atomic E-state index is 11.6. The predicted octanol–water partition coefficient (Wildman–Crippen LogP) is 1.43. The fourth-order valence-corrected chi connectivity index (χ4v) is 2.82. The Morgan fingerprint density at radius 2 is 2.31 bits per heavy atom. The van der Waals surface area contributed by atoms with Crippen molar-refractivity contribution in [1.29, 1.82) is 0 Å². The molecule has 1 atom stereocenters. The summed E-state index contributed by atoms with van der Waals surface area (Å²) in [6.07, 6.45) is 1.26. The van der Waals surface area contributed by atoms with Crippen molar-refractivity contribution in [3.8, 4) is 0 Å². The second-order valence-corrected chi connectivity index (χ2v) is 6.48. The Bertz CT molecular complexity index is 396. The topological polar surface area (TPSA) is 87.1 Å². The van der Waals surface area contributed by atoms with E-state index in [0.717, 1.165) is 11.8 Å². The van der Waals surface area contributed by atoms with Gasteiger partial charge in [-0.1, -0.05) is 30.1 Å². The molecule has 1 aliphatic rings. The van der Waals surface area contributed by atoms with Crippen LogP contribution in [0.5, 0.6) is 0 Å². The van der Waals surface area contributed by atoms with Crippen molar-refractivity contribution in [2.45, 2.75) is 6.92 Å². The van der Waals surface area contributed by atoms with E-state index in [4.69, 9.17) is 22.4 Å². The minimum atomic E-state index is -4.03. The van der Waals surface area contributed by atoms with Crippen LogP contribution in [0.1, 0.15) is 6.92 Å². The van der Waals surface area contributed by atoms with Gasteiger partial charge < -0.3 is 4.89 Å². The van der Waals surface area contributed by atoms with Crippen LogP contribution in [0.3, 0.4) is 0 Å². The summed E-state index contributed by atoms with van der Waals surface area (Å²) < 4.78 is 14.7. The van der Waals surface area contributed by atoms with Gasteiger partial charge in [0, 0.05) is 6.54 Å². The Morgan fingerprint density at radius 3 is 2.75 bits per heavy atom. The monoisotopic (exact) mass is 283 g/mol. The van der Waals surface area contributed by atoms with Crippen LogP contribution in [-0.2, 0) is 14.0 Å². The number of nitrogens with zero attached hydrogens (tertiary/aromatic N) is 1. The predicted molar refractivity (Wildman–Crippen MR) is 64.1 cm³/mol. The molecule has 6 nitrogen and oxygen atoms in total. The number of rotatable bonds is 4. The van der Waals surface area contributed by atoms with Gasteiger partial charge in [0.05, 0.1) is 11.1 Å². The number of carbonyl (C=O) groups excluding carboxylic acids is 1. The standard InChI is InChI=1S/C7H10NO5PS2/c1-2-5-6(9)8(7(15)16-5)3-4-14(11,12)13-10/h2,10H,3-4H2,1H3,(H,11,12)/b5-2+. The third-order valence-electron chi connectivity index (χ3n) is 1.87. The van der Waals surface area contributed by atoms with E-state index in [1.54, 1.807) is 13.0 Å². The third-order valence-corrected chi connectivity index (χ3v) is 4.39. The van der Waals surface area contributed by atoms with Crippen molar-refractivity contribution in [3.63, 3.8) is 0 Å². The van der Waals surface area contributed by atoms with Gasteiger partial charge in [0.15, 0.2) is 0 Å². The zero-order valence-corrected chi connectivity index (χ0v) is 10.8. The average molecular weight is 283 g/mol. The molecule has 0 aliphatic carbocycles. The summed E-state index contributed by atoms with van der Waals surface area (Å²) in [4.78, 5) is 22.3. The van der Waals surface area contributed by atoms with Gasteiger partial charge in [0.25, 0.3) is 5.91 Å². The molecule has 1 saturated heterocycles. The summed E-state index contributed by atoms with van der Waals surface area (Å²) in [5, 5.41) is 8.13. The van der Waals surface area contributed by atoms with Crippen LogP contribution in [0.15, 0.2) is 11.0 Å². The molecule has 0 saturated carbocycles. The molecule has 1 rings (SSSR count). The molecule has 2 N–H and O–H groups in total. The molecular formula is C7H10NO5PS2. The quantitative estimate of drug-likeness (QED) is 0.265. The van der Waals surface area contributed by atoms with E-state index in [1.807, 2.05) is 0 Å². The minimum Gasteiger partial charge on any atom is -0.323 e. The van der Waals surface area contributed by atoms with E-state index in [9.17, 15) is 9.36 Å². The Labute approximate surface area is 102 Å². The SMILES string of the molecule is C/C=C1/SC(=S)N(CCP(=O)(O)OO)C1=O. The van der Waals surface area contributed by atoms with E-state index >= 15 is 0 Å². The van der Waals surface area contributed by atoms with Crippen LogP contribution in [-0.4, -0.2) is 38.0 Å². The van der Waals surface area contributed by atoms with E-state index in [1.165, 1.54) is 4.90 Å². The van der Waals surface area contributed by atoms with E-state index < -0.39 is 7.60 Å². The Balaban J connectivity index is 2.66. The van der Waals surface area contributed by atoms with Crippen molar-refractivity contribution in [3.05, 3.63) is 11.0 Å². The second-order valence-electron chi connectivity index (χ2n) is 2.92. The number of amides is 1. The van der Waals surface area contributed by atoms with Gasteiger partial charge in [-0.15, -0.1) is 0 Å². The lowest BCUT2D eigenvalue weighted by Gasteiger charge is -2.15. The molecule has 0 bridgehead atoms. The lowest BCUT2D eigenvalue weighted by Crippen LogP contribution is -2.30. The van der Waals surface area contributed by atoms with Crippen molar-refractivity contribution < 1.29 is 24.2 Å². The van der Waals surface area contributed by atoms with Crippen molar-refractivity contribution in [2.24, 2.45) is 0 Å². The number of thiocarbonyl (C=S) groups is 1. The van der Waals surface area contributed by atoms with Gasteiger partial charge >= 0.3 is 7.60 Å². The molecule has 0 aromatic rings. The minimum absolute atomic E-state index is 0.0592. The average Bonchev–Trinajstić information content (AvgIpc) is 2.51. The lowest BCUT2D eigenvalue weighted by atomic mass is 10.4. The first-order chi connectivity index (χ1) is 7.41. The highest BCUT2D eigenvalue weighted by molar-refractivity contribution is 8.26. The highest BCUT2D eigenvalue weighted by Crippen LogP contribution is 2.41. The fraction of sp³-hybridized carbons (Fsp3) is 0.429. The lowest BCUT2D eigenvalue weighted by molar-refractivity contribution is -0.146. The van der Waals surface area contributed by atoms with Crippen molar-refractivity contribution in [1.82, 2.24) is 4.90 Å². The first-order valence-electron chi connectivity index (χ1n) is 4.26. The molecule has 9 heteroatoms. The van der Waals surface area contributed by atoms with E-state index in [-0.39, 0.29) is 18.6 Å².